The van der Waals surface area contributed by atoms with E-state index in [0.717, 1.165) is 34.8 Å². The number of rotatable bonds is 7. The van der Waals surface area contributed by atoms with Gasteiger partial charge in [0.05, 0.1) is 4.91 Å². The van der Waals surface area contributed by atoms with Gasteiger partial charge in [-0.1, -0.05) is 73.5 Å². The van der Waals surface area contributed by atoms with Crippen molar-refractivity contribution in [3.63, 3.8) is 0 Å². The Morgan fingerprint density at radius 1 is 1.09 bits per heavy atom. The van der Waals surface area contributed by atoms with Gasteiger partial charge in [-0.15, -0.1) is 0 Å². The molecule has 0 saturated heterocycles. The molecule has 23 heavy (non-hydrogen) atoms. The van der Waals surface area contributed by atoms with Gasteiger partial charge in [0.25, 0.3) is 5.91 Å². The van der Waals surface area contributed by atoms with Crippen molar-refractivity contribution in [1.82, 2.24) is 0 Å². The van der Waals surface area contributed by atoms with Crippen LogP contribution in [0.5, 0.6) is 0 Å². The van der Waals surface area contributed by atoms with Crippen molar-refractivity contribution in [3.8, 4) is 0 Å². The van der Waals surface area contributed by atoms with E-state index in [-0.39, 0.29) is 5.91 Å². The number of amides is 1. The summed E-state index contributed by atoms with van der Waals surface area (Å²) in [4.78, 5) is 14.4. The summed E-state index contributed by atoms with van der Waals surface area (Å²) >= 11 is 1.52. The van der Waals surface area contributed by atoms with Crippen LogP contribution in [-0.4, -0.2) is 5.91 Å². The fraction of sp³-hybridized carbons (Fsp3) is 0.250. The third-order valence-corrected chi connectivity index (χ3v) is 4.47. The molecule has 0 atom stereocenters. The molecule has 120 valence electrons. The highest BCUT2D eigenvalue weighted by atomic mass is 32.2. The molecular weight excluding hydrogens is 302 g/mol. The van der Waals surface area contributed by atoms with Gasteiger partial charge in [-0.3, -0.25) is 4.79 Å². The minimum absolute atomic E-state index is 0.0428. The van der Waals surface area contributed by atoms with Gasteiger partial charge in [0.2, 0.25) is 0 Å². The van der Waals surface area contributed by atoms with Gasteiger partial charge in [-0.2, -0.15) is 0 Å². The van der Waals surface area contributed by atoms with Crippen LogP contribution in [0.3, 0.4) is 0 Å². The van der Waals surface area contributed by atoms with E-state index in [9.17, 15) is 4.79 Å². The van der Waals surface area contributed by atoms with E-state index in [4.69, 9.17) is 0 Å². The molecule has 0 aliphatic carbocycles. The van der Waals surface area contributed by atoms with Crippen LogP contribution in [0.4, 0.5) is 5.69 Å². The predicted octanol–water partition coefficient (Wildman–Crippen LogP) is 5.80. The number of unbranched alkanes of at least 4 members (excludes halogenated alkanes) is 2. The van der Waals surface area contributed by atoms with E-state index in [1.165, 1.54) is 17.3 Å². The van der Waals surface area contributed by atoms with Crippen LogP contribution >= 0.6 is 11.8 Å². The number of aryl methyl sites for hydroxylation is 1. The molecule has 2 nitrogen and oxygen atoms in total. The van der Waals surface area contributed by atoms with Crippen LogP contribution in [0.1, 0.15) is 31.7 Å². The van der Waals surface area contributed by atoms with Crippen molar-refractivity contribution in [3.05, 3.63) is 71.1 Å². The van der Waals surface area contributed by atoms with E-state index < -0.39 is 0 Å². The summed E-state index contributed by atoms with van der Waals surface area (Å²) in [5.41, 5.74) is 2.01. The van der Waals surface area contributed by atoms with Gasteiger partial charge in [-0.25, -0.2) is 0 Å². The smallest absolute Gasteiger partial charge is 0.262 e. The van der Waals surface area contributed by atoms with Crippen molar-refractivity contribution in [2.45, 2.75) is 38.0 Å². The minimum Gasteiger partial charge on any atom is -0.322 e. The Kier molecular flexibility index (Phi) is 6.95. The van der Waals surface area contributed by atoms with E-state index in [1.54, 1.807) is 0 Å². The molecule has 0 saturated carbocycles. The Hall–Kier alpha value is -2.00. The van der Waals surface area contributed by atoms with Gasteiger partial charge >= 0.3 is 0 Å². The quantitative estimate of drug-likeness (QED) is 0.396. The molecule has 3 heteroatoms. The number of anilines is 1. The minimum atomic E-state index is -0.0428. The fourth-order valence-electron chi connectivity index (χ4n) is 2.06. The summed E-state index contributed by atoms with van der Waals surface area (Å²) in [6, 6.07) is 17.9. The number of carbonyl (C=O) groups is 1. The summed E-state index contributed by atoms with van der Waals surface area (Å²) in [6.07, 6.45) is 5.19. The van der Waals surface area contributed by atoms with E-state index in [0.29, 0.717) is 0 Å². The first-order valence-corrected chi connectivity index (χ1v) is 8.81. The second-order valence-electron chi connectivity index (χ2n) is 5.45. The summed E-state index contributed by atoms with van der Waals surface area (Å²) in [6.45, 7) is 4.19. The lowest BCUT2D eigenvalue weighted by Gasteiger charge is -2.09. The highest BCUT2D eigenvalue weighted by Gasteiger charge is 2.11. The molecule has 2 aromatic rings. The second-order valence-corrected chi connectivity index (χ2v) is 6.56. The second kappa shape index (κ2) is 9.21. The largest absolute Gasteiger partial charge is 0.322 e. The van der Waals surface area contributed by atoms with Gasteiger partial charge in [0, 0.05) is 10.6 Å². The van der Waals surface area contributed by atoms with E-state index in [1.807, 2.05) is 67.6 Å². The highest BCUT2D eigenvalue weighted by Crippen LogP contribution is 2.28. The van der Waals surface area contributed by atoms with Crippen LogP contribution < -0.4 is 5.32 Å². The van der Waals surface area contributed by atoms with Crippen LogP contribution in [0.25, 0.3) is 0 Å². The highest BCUT2D eigenvalue weighted by molar-refractivity contribution is 8.04. The Morgan fingerprint density at radius 3 is 2.43 bits per heavy atom. The van der Waals surface area contributed by atoms with Gasteiger partial charge < -0.3 is 5.32 Å². The molecule has 2 aromatic carbocycles. The summed E-state index contributed by atoms with van der Waals surface area (Å²) < 4.78 is 0. The zero-order valence-corrected chi connectivity index (χ0v) is 14.5. The van der Waals surface area contributed by atoms with Crippen molar-refractivity contribution in [2.75, 3.05) is 5.32 Å². The summed E-state index contributed by atoms with van der Waals surface area (Å²) in [5, 5.41) is 2.99. The number of allylic oxidation sites excluding steroid dienone is 1. The van der Waals surface area contributed by atoms with E-state index >= 15 is 0 Å². The molecule has 0 heterocycles. The number of thioether (sulfide) groups is 1. The van der Waals surface area contributed by atoms with Crippen LogP contribution in [0.15, 0.2) is 70.5 Å². The van der Waals surface area contributed by atoms with Crippen molar-refractivity contribution < 1.29 is 4.79 Å². The number of benzene rings is 2. The first-order valence-electron chi connectivity index (χ1n) is 8.00. The average Bonchev–Trinajstić information content (AvgIpc) is 2.57. The molecule has 0 radical (unpaired) electrons. The maximum Gasteiger partial charge on any atom is 0.262 e. The lowest BCUT2D eigenvalue weighted by molar-refractivity contribution is -0.112. The zero-order valence-electron chi connectivity index (χ0n) is 13.7. The third kappa shape index (κ3) is 5.95. The molecule has 0 spiro atoms. The monoisotopic (exact) mass is 325 g/mol. The van der Waals surface area contributed by atoms with Crippen LogP contribution in [0, 0.1) is 6.92 Å². The fourth-order valence-corrected chi connectivity index (χ4v) is 2.96. The lowest BCUT2D eigenvalue weighted by atomic mass is 10.2. The molecule has 1 N–H and O–H groups in total. The first-order chi connectivity index (χ1) is 11.2. The maximum atomic E-state index is 12.6. The predicted molar refractivity (Wildman–Crippen MR) is 99.7 cm³/mol. The van der Waals surface area contributed by atoms with Gasteiger partial charge in [0.15, 0.2) is 0 Å². The average molecular weight is 325 g/mol. The van der Waals surface area contributed by atoms with Crippen molar-refractivity contribution >= 4 is 23.4 Å². The molecule has 0 unspecified atom stereocenters. The lowest BCUT2D eigenvalue weighted by Crippen LogP contribution is -2.12. The molecule has 0 aliphatic heterocycles. The number of nitrogens with one attached hydrogen (secondary N) is 1. The Balaban J connectivity index is 2.10. The normalized spacial score (nSPS) is 11.3. The number of carbonyl (C=O) groups excluding carboxylic acids is 1. The first kappa shape index (κ1) is 17.4. The number of hydrogen-bond acceptors (Lipinski definition) is 2. The Bertz CT molecular complexity index is 647. The zero-order chi connectivity index (χ0) is 16.5. The molecule has 0 fully saturated rings. The van der Waals surface area contributed by atoms with Crippen LogP contribution in [-0.2, 0) is 4.79 Å². The Labute approximate surface area is 143 Å². The molecule has 1 amide bonds. The van der Waals surface area contributed by atoms with Gasteiger partial charge in [0.1, 0.15) is 0 Å². The topological polar surface area (TPSA) is 29.1 Å². The summed E-state index contributed by atoms with van der Waals surface area (Å²) in [5.74, 6) is -0.0428. The van der Waals surface area contributed by atoms with Crippen molar-refractivity contribution in [2.24, 2.45) is 0 Å². The number of hydrogen-bond donors (Lipinski definition) is 1. The SMILES string of the molecule is CCCC/C=C(\Sc1ccccc1)C(=O)Nc1ccc(C)cc1. The molecule has 0 aliphatic rings. The molecule has 0 bridgehead atoms. The molecule has 2 rings (SSSR count). The van der Waals surface area contributed by atoms with E-state index in [2.05, 4.69) is 12.2 Å². The van der Waals surface area contributed by atoms with Crippen molar-refractivity contribution in [1.29, 1.82) is 0 Å². The third-order valence-electron chi connectivity index (χ3n) is 3.39. The Morgan fingerprint density at radius 2 is 1.78 bits per heavy atom. The molecular formula is C20H23NOS. The van der Waals surface area contributed by atoms with Crippen LogP contribution in [0.2, 0.25) is 0 Å². The molecule has 0 aromatic heterocycles. The standard InChI is InChI=1S/C20H23NOS/c1-3-4-6-11-19(23-18-9-7-5-8-10-18)20(22)21-17-14-12-16(2)13-15-17/h5,7-15H,3-4,6H2,1-2H3,(H,21,22)/b19-11-. The van der Waals surface area contributed by atoms with Gasteiger partial charge in [-0.05, 0) is 37.6 Å². The maximum absolute atomic E-state index is 12.6. The summed E-state index contributed by atoms with van der Waals surface area (Å²) in [7, 11) is 0.